The average Bonchev–Trinajstić information content (AvgIpc) is 2.94. The molecule has 2 heterocycles. The molecule has 1 saturated heterocycles. The van der Waals surface area contributed by atoms with Gasteiger partial charge in [-0.25, -0.2) is 4.98 Å². The molecule has 5 nitrogen and oxygen atoms in total. The van der Waals surface area contributed by atoms with E-state index >= 15 is 0 Å². The van der Waals surface area contributed by atoms with Gasteiger partial charge in [-0.3, -0.25) is 4.79 Å². The first kappa shape index (κ1) is 16.5. The Hall–Kier alpha value is -1.36. The quantitative estimate of drug-likeness (QED) is 0.810. The molecule has 1 amide bonds. The van der Waals surface area contributed by atoms with E-state index in [-0.39, 0.29) is 5.41 Å². The van der Waals surface area contributed by atoms with Crippen LogP contribution in [0.15, 0.2) is 12.4 Å². The number of rotatable bonds is 6. The molecule has 0 spiro atoms. The number of methoxy groups -OCH3 is 1. The van der Waals surface area contributed by atoms with Crippen LogP contribution in [0, 0.1) is 12.3 Å². The summed E-state index contributed by atoms with van der Waals surface area (Å²) in [6.45, 7) is 4.47. The number of piperidine rings is 1. The molecule has 0 unspecified atom stereocenters. The van der Waals surface area contributed by atoms with Gasteiger partial charge in [0.25, 0.3) is 0 Å². The number of aryl methyl sites for hydroxylation is 2. The van der Waals surface area contributed by atoms with E-state index in [2.05, 4.69) is 14.5 Å². The summed E-state index contributed by atoms with van der Waals surface area (Å²) in [7, 11) is 1.71. The highest BCUT2D eigenvalue weighted by Gasteiger charge is 2.47. The van der Waals surface area contributed by atoms with Crippen molar-refractivity contribution in [3.8, 4) is 0 Å². The van der Waals surface area contributed by atoms with E-state index < -0.39 is 0 Å². The molecule has 5 heteroatoms. The SMILES string of the molecule is COCC1(C(=O)N2CCCC[C@@H]2CCn2ccnc2C)CCC1. The first-order chi connectivity index (χ1) is 11.2. The van der Waals surface area contributed by atoms with Crippen molar-refractivity contribution in [3.63, 3.8) is 0 Å². The van der Waals surface area contributed by atoms with Gasteiger partial charge in [-0.05, 0) is 45.4 Å². The third-order valence-electron chi connectivity index (χ3n) is 5.70. The molecule has 0 radical (unpaired) electrons. The van der Waals surface area contributed by atoms with Crippen LogP contribution in [0.1, 0.15) is 50.8 Å². The minimum atomic E-state index is -0.227. The largest absolute Gasteiger partial charge is 0.384 e. The Kier molecular flexibility index (Phi) is 5.05. The number of aromatic nitrogens is 2. The Balaban J connectivity index is 1.66. The van der Waals surface area contributed by atoms with Crippen molar-refractivity contribution in [3.05, 3.63) is 18.2 Å². The fourth-order valence-electron chi connectivity index (χ4n) is 4.10. The summed E-state index contributed by atoms with van der Waals surface area (Å²) in [5.74, 6) is 1.39. The number of hydrogen-bond donors (Lipinski definition) is 0. The lowest BCUT2D eigenvalue weighted by Gasteiger charge is -2.46. The monoisotopic (exact) mass is 319 g/mol. The van der Waals surface area contributed by atoms with Crippen molar-refractivity contribution in [2.24, 2.45) is 5.41 Å². The molecule has 2 fully saturated rings. The van der Waals surface area contributed by atoms with E-state index in [1.807, 2.05) is 19.3 Å². The first-order valence-electron chi connectivity index (χ1n) is 8.94. The topological polar surface area (TPSA) is 47.4 Å². The number of carbonyl (C=O) groups is 1. The van der Waals surface area contributed by atoms with Gasteiger partial charge >= 0.3 is 0 Å². The van der Waals surface area contributed by atoms with Crippen LogP contribution in [0.3, 0.4) is 0 Å². The van der Waals surface area contributed by atoms with Crippen LogP contribution in [0.2, 0.25) is 0 Å². The number of hydrogen-bond acceptors (Lipinski definition) is 3. The molecule has 23 heavy (non-hydrogen) atoms. The van der Waals surface area contributed by atoms with Gasteiger partial charge in [0, 0.05) is 38.6 Å². The van der Waals surface area contributed by atoms with Crippen molar-refractivity contribution in [2.75, 3.05) is 20.3 Å². The van der Waals surface area contributed by atoms with Gasteiger partial charge in [0.1, 0.15) is 5.82 Å². The lowest BCUT2D eigenvalue weighted by atomic mass is 9.68. The van der Waals surface area contributed by atoms with Crippen LogP contribution in [-0.2, 0) is 16.1 Å². The Bertz CT molecular complexity index is 536. The van der Waals surface area contributed by atoms with Crippen LogP contribution >= 0.6 is 0 Å². The summed E-state index contributed by atoms with van der Waals surface area (Å²) in [6, 6.07) is 0.368. The van der Waals surface area contributed by atoms with E-state index in [4.69, 9.17) is 4.74 Å². The summed E-state index contributed by atoms with van der Waals surface area (Å²) in [4.78, 5) is 19.6. The molecule has 0 bridgehead atoms. The predicted molar refractivity (Wildman–Crippen MR) is 89.1 cm³/mol. The zero-order valence-corrected chi connectivity index (χ0v) is 14.5. The summed E-state index contributed by atoms with van der Waals surface area (Å²) in [5.41, 5.74) is -0.227. The normalized spacial score (nSPS) is 23.6. The van der Waals surface area contributed by atoms with E-state index in [0.29, 0.717) is 18.6 Å². The van der Waals surface area contributed by atoms with Gasteiger partial charge in [-0.15, -0.1) is 0 Å². The molecule has 1 aromatic rings. The molecule has 128 valence electrons. The van der Waals surface area contributed by atoms with Gasteiger partial charge < -0.3 is 14.2 Å². The van der Waals surface area contributed by atoms with Crippen LogP contribution in [0.25, 0.3) is 0 Å². The zero-order valence-electron chi connectivity index (χ0n) is 14.5. The summed E-state index contributed by atoms with van der Waals surface area (Å²) in [6.07, 6.45) is 11.5. The standard InChI is InChI=1S/C18H29N3O2/c1-15-19-10-13-20(15)12-7-16-6-3-4-11-21(16)17(22)18(14-23-2)8-5-9-18/h10,13,16H,3-9,11-12,14H2,1-2H3/t16-/m1/s1. The minimum Gasteiger partial charge on any atom is -0.384 e. The van der Waals surface area contributed by atoms with Gasteiger partial charge in [0.2, 0.25) is 5.91 Å². The van der Waals surface area contributed by atoms with E-state index in [1.54, 1.807) is 7.11 Å². The first-order valence-corrected chi connectivity index (χ1v) is 8.94. The number of ether oxygens (including phenoxy) is 1. The lowest BCUT2D eigenvalue weighted by Crippen LogP contribution is -2.55. The van der Waals surface area contributed by atoms with Crippen molar-refractivity contribution in [2.45, 2.75) is 64.5 Å². The number of imidazole rings is 1. The Morgan fingerprint density at radius 2 is 2.22 bits per heavy atom. The third kappa shape index (κ3) is 3.30. The van der Waals surface area contributed by atoms with E-state index in [1.165, 1.54) is 6.42 Å². The maximum atomic E-state index is 13.2. The Labute approximate surface area is 139 Å². The van der Waals surface area contributed by atoms with Crippen LogP contribution in [0.5, 0.6) is 0 Å². The van der Waals surface area contributed by atoms with Crippen molar-refractivity contribution in [1.82, 2.24) is 14.5 Å². The molecular weight excluding hydrogens is 290 g/mol. The molecular formula is C18H29N3O2. The van der Waals surface area contributed by atoms with Crippen molar-refractivity contribution >= 4 is 5.91 Å². The summed E-state index contributed by atoms with van der Waals surface area (Å²) in [5, 5.41) is 0. The van der Waals surface area contributed by atoms with E-state index in [0.717, 1.165) is 57.4 Å². The third-order valence-corrected chi connectivity index (χ3v) is 5.70. The lowest BCUT2D eigenvalue weighted by molar-refractivity contribution is -0.156. The highest BCUT2D eigenvalue weighted by Crippen LogP contribution is 2.44. The highest BCUT2D eigenvalue weighted by molar-refractivity contribution is 5.84. The van der Waals surface area contributed by atoms with Crippen molar-refractivity contribution < 1.29 is 9.53 Å². The second kappa shape index (κ2) is 7.04. The molecule has 2 aliphatic rings. The Morgan fingerprint density at radius 3 is 2.83 bits per heavy atom. The molecule has 1 saturated carbocycles. The number of likely N-dealkylation sites (tertiary alicyclic amines) is 1. The molecule has 0 N–H and O–H groups in total. The highest BCUT2D eigenvalue weighted by atomic mass is 16.5. The maximum Gasteiger partial charge on any atom is 0.231 e. The van der Waals surface area contributed by atoms with E-state index in [9.17, 15) is 4.79 Å². The number of amides is 1. The maximum absolute atomic E-state index is 13.2. The smallest absolute Gasteiger partial charge is 0.231 e. The summed E-state index contributed by atoms with van der Waals surface area (Å²) < 4.78 is 7.56. The fourth-order valence-corrected chi connectivity index (χ4v) is 4.10. The van der Waals surface area contributed by atoms with Gasteiger partial charge in [0.15, 0.2) is 0 Å². The van der Waals surface area contributed by atoms with Crippen LogP contribution in [0.4, 0.5) is 0 Å². The molecule has 1 aromatic heterocycles. The second-order valence-electron chi connectivity index (χ2n) is 7.17. The number of carbonyl (C=O) groups excluding carboxylic acids is 1. The molecule has 1 atom stereocenters. The second-order valence-corrected chi connectivity index (χ2v) is 7.17. The van der Waals surface area contributed by atoms with Gasteiger partial charge in [-0.2, -0.15) is 0 Å². The van der Waals surface area contributed by atoms with Gasteiger partial charge in [0.05, 0.1) is 12.0 Å². The average molecular weight is 319 g/mol. The molecule has 0 aromatic carbocycles. The summed E-state index contributed by atoms with van der Waals surface area (Å²) >= 11 is 0. The Morgan fingerprint density at radius 1 is 1.39 bits per heavy atom. The predicted octanol–water partition coefficient (Wildman–Crippen LogP) is 2.78. The minimum absolute atomic E-state index is 0.227. The molecule has 1 aliphatic carbocycles. The fraction of sp³-hybridized carbons (Fsp3) is 0.778. The van der Waals surface area contributed by atoms with Crippen LogP contribution < -0.4 is 0 Å². The number of nitrogens with zero attached hydrogens (tertiary/aromatic N) is 3. The van der Waals surface area contributed by atoms with Crippen LogP contribution in [-0.4, -0.2) is 46.7 Å². The molecule has 3 rings (SSSR count). The van der Waals surface area contributed by atoms with Gasteiger partial charge in [-0.1, -0.05) is 6.42 Å². The van der Waals surface area contributed by atoms with Crippen molar-refractivity contribution in [1.29, 1.82) is 0 Å². The zero-order chi connectivity index (χ0) is 16.3. The molecule has 1 aliphatic heterocycles.